The minimum absolute atomic E-state index is 0.00631. The second-order valence-electron chi connectivity index (χ2n) is 6.41. The van der Waals surface area contributed by atoms with Crippen molar-refractivity contribution in [2.24, 2.45) is 0 Å². The fourth-order valence-corrected chi connectivity index (χ4v) is 4.50. The standard InChI is InChI=1S/C20H23NO3S/c1-2-18(22)21(15-11-7-4-8-12-15)16-13-17(25-19(16)20(23)24)14-9-5-3-6-10-14/h3,5-6,9-10,13,15H,2,4,7-8,11-12H2,1H3,(H,23,24). The van der Waals surface area contributed by atoms with Crippen LogP contribution in [-0.4, -0.2) is 23.0 Å². The maximum absolute atomic E-state index is 12.7. The van der Waals surface area contributed by atoms with Crippen molar-refractivity contribution in [2.45, 2.75) is 51.5 Å². The fraction of sp³-hybridized carbons (Fsp3) is 0.400. The molecule has 5 heteroatoms. The Bertz CT molecular complexity index is 748. The molecular formula is C20H23NO3S. The normalized spacial score (nSPS) is 15.1. The summed E-state index contributed by atoms with van der Waals surface area (Å²) in [4.78, 5) is 27.4. The van der Waals surface area contributed by atoms with Gasteiger partial charge >= 0.3 is 5.97 Å². The van der Waals surface area contributed by atoms with Crippen LogP contribution in [0.5, 0.6) is 0 Å². The number of amides is 1. The van der Waals surface area contributed by atoms with Gasteiger partial charge in [0, 0.05) is 17.3 Å². The van der Waals surface area contributed by atoms with Crippen molar-refractivity contribution in [3.63, 3.8) is 0 Å². The van der Waals surface area contributed by atoms with Crippen molar-refractivity contribution in [3.05, 3.63) is 41.3 Å². The van der Waals surface area contributed by atoms with Crippen molar-refractivity contribution in [1.29, 1.82) is 0 Å². The Balaban J connectivity index is 2.06. The summed E-state index contributed by atoms with van der Waals surface area (Å²) in [5.74, 6) is -0.960. The number of hydrogen-bond acceptors (Lipinski definition) is 3. The number of nitrogens with zero attached hydrogens (tertiary/aromatic N) is 1. The molecule has 4 nitrogen and oxygen atoms in total. The zero-order chi connectivity index (χ0) is 17.8. The molecule has 0 spiro atoms. The molecule has 0 bridgehead atoms. The lowest BCUT2D eigenvalue weighted by atomic mass is 9.93. The number of carbonyl (C=O) groups excluding carboxylic acids is 1. The van der Waals surface area contributed by atoms with Crippen LogP contribution < -0.4 is 4.90 Å². The number of anilines is 1. The lowest BCUT2D eigenvalue weighted by Crippen LogP contribution is -2.41. The predicted molar refractivity (Wildman–Crippen MR) is 101 cm³/mol. The minimum Gasteiger partial charge on any atom is -0.477 e. The molecule has 1 amide bonds. The molecule has 0 saturated heterocycles. The fourth-order valence-electron chi connectivity index (χ4n) is 3.50. The van der Waals surface area contributed by atoms with Crippen LogP contribution in [0.3, 0.4) is 0 Å². The number of carboxylic acids is 1. The van der Waals surface area contributed by atoms with Gasteiger partial charge < -0.3 is 10.0 Å². The van der Waals surface area contributed by atoms with Crippen LogP contribution in [-0.2, 0) is 4.79 Å². The summed E-state index contributed by atoms with van der Waals surface area (Å²) in [6.07, 6.45) is 5.65. The second kappa shape index (κ2) is 7.83. The van der Waals surface area contributed by atoms with Crippen LogP contribution in [0, 0.1) is 0 Å². The van der Waals surface area contributed by atoms with Crippen LogP contribution in [0.25, 0.3) is 10.4 Å². The quantitative estimate of drug-likeness (QED) is 0.801. The number of benzene rings is 1. The van der Waals surface area contributed by atoms with Gasteiger partial charge in [-0.25, -0.2) is 4.79 Å². The van der Waals surface area contributed by atoms with E-state index in [1.165, 1.54) is 17.8 Å². The molecule has 1 aromatic carbocycles. The first-order chi connectivity index (χ1) is 12.1. The molecule has 132 valence electrons. The number of carbonyl (C=O) groups is 2. The molecular weight excluding hydrogens is 334 g/mol. The zero-order valence-electron chi connectivity index (χ0n) is 14.4. The van der Waals surface area contributed by atoms with Crippen molar-refractivity contribution in [3.8, 4) is 10.4 Å². The molecule has 1 saturated carbocycles. The van der Waals surface area contributed by atoms with E-state index in [-0.39, 0.29) is 16.8 Å². The summed E-state index contributed by atoms with van der Waals surface area (Å²) >= 11 is 1.25. The average Bonchev–Trinajstić information content (AvgIpc) is 3.08. The molecule has 1 N–H and O–H groups in total. The summed E-state index contributed by atoms with van der Waals surface area (Å²) in [6.45, 7) is 1.84. The summed E-state index contributed by atoms with van der Waals surface area (Å²) in [5.41, 5.74) is 1.55. The van der Waals surface area contributed by atoms with Gasteiger partial charge in [0.1, 0.15) is 4.88 Å². The highest BCUT2D eigenvalue weighted by Gasteiger charge is 2.31. The Kier molecular flexibility index (Phi) is 5.53. The Morgan fingerprint density at radius 3 is 2.44 bits per heavy atom. The summed E-state index contributed by atoms with van der Waals surface area (Å²) in [6, 6.07) is 11.7. The van der Waals surface area contributed by atoms with E-state index in [1.807, 2.05) is 43.3 Å². The van der Waals surface area contributed by atoms with E-state index < -0.39 is 5.97 Å². The maximum Gasteiger partial charge on any atom is 0.348 e. The van der Waals surface area contributed by atoms with Gasteiger partial charge in [0.25, 0.3) is 0 Å². The topological polar surface area (TPSA) is 57.6 Å². The SMILES string of the molecule is CCC(=O)N(c1cc(-c2ccccc2)sc1C(=O)O)C1CCCCC1. The van der Waals surface area contributed by atoms with Gasteiger partial charge in [-0.15, -0.1) is 11.3 Å². The van der Waals surface area contributed by atoms with E-state index in [9.17, 15) is 14.7 Å². The summed E-state index contributed by atoms with van der Waals surface area (Å²) < 4.78 is 0. The molecule has 2 aromatic rings. The van der Waals surface area contributed by atoms with Crippen molar-refractivity contribution in [1.82, 2.24) is 0 Å². The Morgan fingerprint density at radius 2 is 1.84 bits per heavy atom. The first-order valence-electron chi connectivity index (χ1n) is 8.86. The molecule has 3 rings (SSSR count). The third-order valence-corrected chi connectivity index (χ3v) is 5.90. The lowest BCUT2D eigenvalue weighted by Gasteiger charge is -2.34. The Morgan fingerprint density at radius 1 is 1.16 bits per heavy atom. The van der Waals surface area contributed by atoms with Gasteiger partial charge in [-0.2, -0.15) is 0 Å². The molecule has 25 heavy (non-hydrogen) atoms. The van der Waals surface area contributed by atoms with Crippen LogP contribution in [0.4, 0.5) is 5.69 Å². The van der Waals surface area contributed by atoms with Crippen LogP contribution in [0.15, 0.2) is 36.4 Å². The lowest BCUT2D eigenvalue weighted by molar-refractivity contribution is -0.118. The van der Waals surface area contributed by atoms with Gasteiger partial charge in [0.2, 0.25) is 5.91 Å². The molecule has 0 aliphatic heterocycles. The number of thiophene rings is 1. The molecule has 1 fully saturated rings. The van der Waals surface area contributed by atoms with Gasteiger partial charge in [0.05, 0.1) is 5.69 Å². The molecule has 0 unspecified atom stereocenters. The highest BCUT2D eigenvalue weighted by molar-refractivity contribution is 7.18. The molecule has 0 radical (unpaired) electrons. The van der Waals surface area contributed by atoms with Crippen molar-refractivity contribution >= 4 is 28.9 Å². The molecule has 1 aliphatic carbocycles. The number of carboxylic acid groups (broad SMARTS) is 1. The number of hydrogen-bond donors (Lipinski definition) is 1. The average molecular weight is 357 g/mol. The third-order valence-electron chi connectivity index (χ3n) is 4.74. The van der Waals surface area contributed by atoms with Crippen LogP contribution in [0.2, 0.25) is 0 Å². The van der Waals surface area contributed by atoms with Crippen LogP contribution in [0.1, 0.15) is 55.1 Å². The van der Waals surface area contributed by atoms with Gasteiger partial charge in [-0.3, -0.25) is 4.79 Å². The van der Waals surface area contributed by atoms with Crippen molar-refractivity contribution < 1.29 is 14.7 Å². The molecule has 0 atom stereocenters. The first kappa shape index (κ1) is 17.7. The van der Waals surface area contributed by atoms with E-state index in [0.29, 0.717) is 12.1 Å². The zero-order valence-corrected chi connectivity index (χ0v) is 15.2. The number of aromatic carboxylic acids is 1. The third kappa shape index (κ3) is 3.76. The van der Waals surface area contributed by atoms with E-state index in [2.05, 4.69) is 0 Å². The molecule has 1 heterocycles. The monoisotopic (exact) mass is 357 g/mol. The van der Waals surface area contributed by atoms with E-state index in [1.54, 1.807) is 4.90 Å². The highest BCUT2D eigenvalue weighted by atomic mass is 32.1. The Labute approximate surface area is 152 Å². The number of rotatable bonds is 5. The summed E-state index contributed by atoms with van der Waals surface area (Å²) in [5, 5.41) is 9.70. The van der Waals surface area contributed by atoms with Gasteiger partial charge in [-0.05, 0) is 24.5 Å². The first-order valence-corrected chi connectivity index (χ1v) is 9.68. The van der Waals surface area contributed by atoms with E-state index in [4.69, 9.17) is 0 Å². The van der Waals surface area contributed by atoms with Crippen molar-refractivity contribution in [2.75, 3.05) is 4.90 Å². The largest absolute Gasteiger partial charge is 0.477 e. The molecule has 1 aliphatic rings. The van der Waals surface area contributed by atoms with E-state index >= 15 is 0 Å². The van der Waals surface area contributed by atoms with Gasteiger partial charge in [0.15, 0.2) is 0 Å². The second-order valence-corrected chi connectivity index (χ2v) is 7.46. The highest BCUT2D eigenvalue weighted by Crippen LogP contribution is 2.39. The smallest absolute Gasteiger partial charge is 0.348 e. The van der Waals surface area contributed by atoms with Gasteiger partial charge in [-0.1, -0.05) is 56.5 Å². The minimum atomic E-state index is -0.966. The summed E-state index contributed by atoms with van der Waals surface area (Å²) in [7, 11) is 0. The van der Waals surface area contributed by atoms with Crippen LogP contribution >= 0.6 is 11.3 Å². The predicted octanol–water partition coefficient (Wildman–Crippen LogP) is 5.19. The molecule has 1 aromatic heterocycles. The van der Waals surface area contributed by atoms with E-state index in [0.717, 1.165) is 36.1 Å². The Hall–Kier alpha value is -2.14. The maximum atomic E-state index is 12.7.